The van der Waals surface area contributed by atoms with Gasteiger partial charge in [-0.1, -0.05) is 38.5 Å². The average molecular weight is 129 g/mol. The highest BCUT2D eigenvalue weighted by Gasteiger charge is 1.95. The lowest BCUT2D eigenvalue weighted by Crippen LogP contribution is -1.85. The molecule has 0 aliphatic heterocycles. The summed E-state index contributed by atoms with van der Waals surface area (Å²) < 4.78 is 0. The molecule has 0 bridgehead atoms. The van der Waals surface area contributed by atoms with E-state index in [2.05, 4.69) is 11.9 Å². The van der Waals surface area contributed by atoms with E-state index in [0.29, 0.717) is 0 Å². The van der Waals surface area contributed by atoms with Gasteiger partial charge in [-0.3, -0.25) is 0 Å². The summed E-state index contributed by atoms with van der Waals surface area (Å²) in [7, 11) is 0. The van der Waals surface area contributed by atoms with Gasteiger partial charge in [-0.15, -0.1) is 5.16 Å². The third-order valence-electron chi connectivity index (χ3n) is 1.50. The lowest BCUT2D eigenvalue weighted by atomic mass is 10.0. The molecule has 1 aliphatic carbocycles. The van der Waals surface area contributed by atoms with E-state index in [0.717, 1.165) is 0 Å². The van der Waals surface area contributed by atoms with Crippen LogP contribution in [0.4, 0.5) is 0 Å². The van der Waals surface area contributed by atoms with Crippen LogP contribution in [0.2, 0.25) is 0 Å². The highest BCUT2D eigenvalue weighted by molar-refractivity contribution is 5.20. The molecule has 54 valence electrons. The molecule has 0 aromatic rings. The van der Waals surface area contributed by atoms with Crippen molar-refractivity contribution in [3.05, 3.63) is 0 Å². The van der Waals surface area contributed by atoms with Crippen LogP contribution < -0.4 is 0 Å². The third kappa shape index (κ3) is 7.47. The Balaban J connectivity index is 0.000000187. The van der Waals surface area contributed by atoms with Gasteiger partial charge in [0.2, 0.25) is 0 Å². The lowest BCUT2D eigenvalue weighted by molar-refractivity contribution is 0.323. The van der Waals surface area contributed by atoms with Crippen LogP contribution in [0.5, 0.6) is 0 Å². The molecular formula is C7H15NO. The van der Waals surface area contributed by atoms with Crippen molar-refractivity contribution in [1.29, 1.82) is 0 Å². The molecule has 0 aromatic heterocycles. The highest BCUT2D eigenvalue weighted by Crippen LogP contribution is 2.15. The van der Waals surface area contributed by atoms with Crippen LogP contribution in [0.15, 0.2) is 5.16 Å². The maximum atomic E-state index is 7.08. The number of nitrogens with zero attached hydrogens (tertiary/aromatic N) is 1. The van der Waals surface area contributed by atoms with E-state index in [9.17, 15) is 0 Å². The van der Waals surface area contributed by atoms with Gasteiger partial charge in [0.25, 0.3) is 0 Å². The lowest BCUT2D eigenvalue weighted by Gasteiger charge is -2.05. The Labute approximate surface area is 56.6 Å². The van der Waals surface area contributed by atoms with E-state index in [1.807, 2.05) is 0 Å². The number of oxime groups is 1. The molecule has 1 aliphatic rings. The van der Waals surface area contributed by atoms with Gasteiger partial charge in [0.1, 0.15) is 0 Å². The fourth-order valence-corrected chi connectivity index (χ4v) is 1.06. The molecule has 0 spiro atoms. The first-order chi connectivity index (χ1) is 4.41. The van der Waals surface area contributed by atoms with Gasteiger partial charge in [-0.2, -0.15) is 0 Å². The van der Waals surface area contributed by atoms with Gasteiger partial charge in [0.15, 0.2) is 0 Å². The van der Waals surface area contributed by atoms with Crippen LogP contribution in [0, 0.1) is 0 Å². The predicted octanol–water partition coefficient (Wildman–Crippen LogP) is 2.42. The normalized spacial score (nSPS) is 17.3. The Morgan fingerprint density at radius 1 is 0.889 bits per heavy atom. The first-order valence-corrected chi connectivity index (χ1v) is 3.52. The monoisotopic (exact) mass is 129 g/mol. The maximum absolute atomic E-state index is 7.08. The molecule has 9 heavy (non-hydrogen) atoms. The number of rotatable bonds is 0. The van der Waals surface area contributed by atoms with Crippen molar-refractivity contribution in [3.8, 4) is 0 Å². The van der Waals surface area contributed by atoms with E-state index < -0.39 is 0 Å². The van der Waals surface area contributed by atoms with E-state index in [4.69, 9.17) is 5.21 Å². The van der Waals surface area contributed by atoms with Crippen LogP contribution in [-0.4, -0.2) is 11.9 Å². The van der Waals surface area contributed by atoms with E-state index in [1.54, 1.807) is 0 Å². The molecule has 0 atom stereocenters. The van der Waals surface area contributed by atoms with Crippen molar-refractivity contribution in [2.24, 2.45) is 5.16 Å². The molecule has 1 saturated carbocycles. The largest absolute Gasteiger partial charge is 0.411 e. The minimum atomic E-state index is 1.50. The summed E-state index contributed by atoms with van der Waals surface area (Å²) in [5.74, 6) is 0. The SMILES string of the molecule is C1CCCCC1.C=NO. The molecule has 1 fully saturated rings. The summed E-state index contributed by atoms with van der Waals surface area (Å²) >= 11 is 0. The molecule has 2 nitrogen and oxygen atoms in total. The van der Waals surface area contributed by atoms with Crippen LogP contribution >= 0.6 is 0 Å². The zero-order valence-corrected chi connectivity index (χ0v) is 5.84. The number of hydrogen-bond acceptors (Lipinski definition) is 2. The van der Waals surface area contributed by atoms with Gasteiger partial charge in [-0.05, 0) is 0 Å². The predicted molar refractivity (Wildman–Crippen MR) is 39.0 cm³/mol. The summed E-state index contributed by atoms with van der Waals surface area (Å²) in [6.07, 6.45) is 9.00. The zero-order valence-electron chi connectivity index (χ0n) is 5.84. The minimum Gasteiger partial charge on any atom is -0.411 e. The van der Waals surface area contributed by atoms with Crippen molar-refractivity contribution in [2.45, 2.75) is 38.5 Å². The molecule has 0 amide bonds. The second-order valence-electron chi connectivity index (χ2n) is 2.26. The first-order valence-electron chi connectivity index (χ1n) is 3.52. The Bertz CT molecular complexity index is 48.4. The smallest absolute Gasteiger partial charge is 0.0298 e. The zero-order chi connectivity index (χ0) is 6.95. The summed E-state index contributed by atoms with van der Waals surface area (Å²) in [6.45, 7) is 2.67. The summed E-state index contributed by atoms with van der Waals surface area (Å²) in [4.78, 5) is 0. The fraction of sp³-hybridized carbons (Fsp3) is 0.857. The van der Waals surface area contributed by atoms with Crippen LogP contribution in [0.25, 0.3) is 0 Å². The molecule has 0 radical (unpaired) electrons. The van der Waals surface area contributed by atoms with E-state index in [1.165, 1.54) is 38.5 Å². The molecule has 0 saturated heterocycles. The maximum Gasteiger partial charge on any atom is 0.0298 e. The first kappa shape index (κ1) is 8.47. The Morgan fingerprint density at radius 2 is 1.00 bits per heavy atom. The summed E-state index contributed by atoms with van der Waals surface area (Å²) in [5.41, 5.74) is 0. The summed E-state index contributed by atoms with van der Waals surface area (Å²) in [6, 6.07) is 0. The standard InChI is InChI=1S/C6H12.CH3NO/c1-2-4-6-5-3-1;1-2-3/h1-6H2;3H,1H2. The van der Waals surface area contributed by atoms with Crippen LogP contribution in [0.1, 0.15) is 38.5 Å². The molecule has 1 rings (SSSR count). The molecule has 0 aromatic carbocycles. The molecular weight excluding hydrogens is 114 g/mol. The molecule has 0 heterocycles. The van der Waals surface area contributed by atoms with Crippen molar-refractivity contribution in [2.75, 3.05) is 0 Å². The quantitative estimate of drug-likeness (QED) is 0.304. The van der Waals surface area contributed by atoms with E-state index >= 15 is 0 Å². The third-order valence-corrected chi connectivity index (χ3v) is 1.50. The van der Waals surface area contributed by atoms with Gasteiger partial charge in [0.05, 0.1) is 0 Å². The Morgan fingerprint density at radius 3 is 1.11 bits per heavy atom. The fourth-order valence-electron chi connectivity index (χ4n) is 1.06. The van der Waals surface area contributed by atoms with Gasteiger partial charge >= 0.3 is 0 Å². The van der Waals surface area contributed by atoms with E-state index in [-0.39, 0.29) is 0 Å². The van der Waals surface area contributed by atoms with Gasteiger partial charge in [0, 0.05) is 6.72 Å². The minimum absolute atomic E-state index is 1.50. The van der Waals surface area contributed by atoms with Crippen molar-refractivity contribution in [1.82, 2.24) is 0 Å². The van der Waals surface area contributed by atoms with Gasteiger partial charge in [-0.25, -0.2) is 0 Å². The summed E-state index contributed by atoms with van der Waals surface area (Å²) in [5, 5.41) is 9.33. The topological polar surface area (TPSA) is 32.6 Å². The van der Waals surface area contributed by atoms with Crippen LogP contribution in [0.3, 0.4) is 0 Å². The van der Waals surface area contributed by atoms with Crippen molar-refractivity contribution in [3.63, 3.8) is 0 Å². The second-order valence-corrected chi connectivity index (χ2v) is 2.26. The highest BCUT2D eigenvalue weighted by atomic mass is 16.4. The number of hydrogen-bond donors (Lipinski definition) is 1. The second kappa shape index (κ2) is 7.47. The molecule has 2 heteroatoms. The Hall–Kier alpha value is -0.530. The Kier molecular flexibility index (Phi) is 7.03. The molecule has 1 N–H and O–H groups in total. The van der Waals surface area contributed by atoms with Crippen molar-refractivity contribution < 1.29 is 5.21 Å². The van der Waals surface area contributed by atoms with Crippen molar-refractivity contribution >= 4 is 6.72 Å². The van der Waals surface area contributed by atoms with Crippen LogP contribution in [-0.2, 0) is 0 Å². The van der Waals surface area contributed by atoms with Gasteiger partial charge < -0.3 is 5.21 Å². The molecule has 0 unspecified atom stereocenters. The average Bonchev–Trinajstić information content (AvgIpc) is 1.93.